The average molecular weight is 420 g/mol. The van der Waals surface area contributed by atoms with Crippen LogP contribution in [0.1, 0.15) is 6.42 Å². The van der Waals surface area contributed by atoms with Gasteiger partial charge in [-0.05, 0) is 0 Å². The quantitative estimate of drug-likeness (QED) is 0.484. The smallest absolute Gasteiger partial charge is 0.147 e. The van der Waals surface area contributed by atoms with Crippen LogP contribution in [-0.4, -0.2) is 31.7 Å². The van der Waals surface area contributed by atoms with E-state index in [9.17, 15) is 0 Å². The van der Waals surface area contributed by atoms with Gasteiger partial charge in [0.05, 0.1) is 0 Å². The van der Waals surface area contributed by atoms with Crippen LogP contribution in [0.15, 0.2) is 91.0 Å². The minimum atomic E-state index is -3.06. The Bertz CT molecular complexity index is 723. The molecule has 1 nitrogen and oxygen atoms in total. The molecule has 0 aliphatic heterocycles. The van der Waals surface area contributed by atoms with Gasteiger partial charge in [0, 0.05) is 0 Å². The van der Waals surface area contributed by atoms with E-state index < -0.39 is 5.96 Å². The van der Waals surface area contributed by atoms with Crippen LogP contribution in [0.4, 0.5) is 0 Å². The molecule has 0 spiro atoms. The number of hydrogen-bond donors (Lipinski definition) is 0. The minimum Gasteiger partial charge on any atom is -0.147 e. The molecule has 4 heteroatoms. The number of halogens is 2. The SMILES string of the molecule is CN(C)CCCP(Cl)(c1ccccc1)(c1ccccc1)c1ccccc1.Cl. The van der Waals surface area contributed by atoms with E-state index in [-0.39, 0.29) is 12.4 Å². The first-order chi connectivity index (χ1) is 12.6. The third kappa shape index (κ3) is 4.23. The molecule has 0 aliphatic rings. The predicted molar refractivity (Wildman–Crippen MR) is 126 cm³/mol. The third-order valence-electron chi connectivity index (χ3n) is 5.07. The number of nitrogens with zero attached hydrogens (tertiary/aromatic N) is 1. The Balaban J connectivity index is 0.00000261. The van der Waals surface area contributed by atoms with Crippen molar-refractivity contribution in [2.24, 2.45) is 0 Å². The van der Waals surface area contributed by atoms with Crippen molar-refractivity contribution >= 4 is 45.5 Å². The van der Waals surface area contributed by atoms with E-state index in [0.29, 0.717) is 0 Å². The predicted octanol–water partition coefficient (Wildman–Crippen LogP) is 5.04. The number of benzene rings is 3. The number of hydrogen-bond acceptors (Lipinski definition) is 1. The molecule has 0 saturated heterocycles. The average Bonchev–Trinajstić information content (AvgIpc) is 2.70. The Morgan fingerprint density at radius 2 is 1.00 bits per heavy atom. The van der Waals surface area contributed by atoms with Crippen molar-refractivity contribution in [2.75, 3.05) is 26.8 Å². The second-order valence-corrected chi connectivity index (χ2v) is 13.7. The largest absolute Gasteiger partial charge is 0.147 e. The normalized spacial score (nSPS) is 12.8. The summed E-state index contributed by atoms with van der Waals surface area (Å²) >= 11 is 7.97. The first kappa shape index (κ1) is 21.9. The molecule has 0 fully saturated rings. The van der Waals surface area contributed by atoms with E-state index in [0.717, 1.165) is 19.1 Å². The maximum absolute atomic E-state index is 7.97. The number of rotatable bonds is 7. The molecule has 0 unspecified atom stereocenters. The van der Waals surface area contributed by atoms with Gasteiger partial charge in [0.25, 0.3) is 0 Å². The Labute approximate surface area is 174 Å². The zero-order chi connectivity index (χ0) is 18.5. The first-order valence-electron chi connectivity index (χ1n) is 9.10. The molecule has 0 amide bonds. The van der Waals surface area contributed by atoms with E-state index in [1.54, 1.807) is 0 Å². The molecule has 27 heavy (non-hydrogen) atoms. The summed E-state index contributed by atoms with van der Waals surface area (Å²) in [5.74, 6) is -3.06. The first-order valence-corrected chi connectivity index (χ1v) is 12.4. The molecule has 0 aromatic heterocycles. The Hall–Kier alpha value is -1.37. The molecule has 0 atom stereocenters. The van der Waals surface area contributed by atoms with Crippen LogP contribution in [0.5, 0.6) is 0 Å². The molecule has 0 bridgehead atoms. The van der Waals surface area contributed by atoms with E-state index >= 15 is 0 Å². The summed E-state index contributed by atoms with van der Waals surface area (Å²) in [6.45, 7) is 1.02. The molecule has 144 valence electrons. The topological polar surface area (TPSA) is 3.24 Å². The van der Waals surface area contributed by atoms with Gasteiger partial charge in [-0.1, -0.05) is 0 Å². The molecule has 3 aromatic carbocycles. The summed E-state index contributed by atoms with van der Waals surface area (Å²) in [7, 11) is 4.24. The summed E-state index contributed by atoms with van der Waals surface area (Å²) < 4.78 is 0. The molecule has 0 radical (unpaired) electrons. The van der Waals surface area contributed by atoms with Crippen LogP contribution < -0.4 is 15.9 Å². The van der Waals surface area contributed by atoms with Crippen LogP contribution in [0.3, 0.4) is 0 Å². The molecule has 0 N–H and O–H groups in total. The molecule has 0 heterocycles. The van der Waals surface area contributed by atoms with Gasteiger partial charge in [-0.3, -0.25) is 0 Å². The van der Waals surface area contributed by atoms with Gasteiger partial charge in [0.1, 0.15) is 0 Å². The van der Waals surface area contributed by atoms with Crippen LogP contribution in [-0.2, 0) is 0 Å². The van der Waals surface area contributed by atoms with Gasteiger partial charge in [0.2, 0.25) is 0 Å². The van der Waals surface area contributed by atoms with Crippen molar-refractivity contribution in [2.45, 2.75) is 6.42 Å². The molecule has 3 aromatic rings. The van der Waals surface area contributed by atoms with Crippen molar-refractivity contribution in [1.82, 2.24) is 4.90 Å². The van der Waals surface area contributed by atoms with E-state index in [4.69, 9.17) is 11.2 Å². The van der Waals surface area contributed by atoms with Crippen LogP contribution in [0, 0.1) is 0 Å². The van der Waals surface area contributed by atoms with Crippen molar-refractivity contribution in [3.8, 4) is 0 Å². The summed E-state index contributed by atoms with van der Waals surface area (Å²) in [6, 6.07) is 32.1. The monoisotopic (exact) mass is 419 g/mol. The Kier molecular flexibility index (Phi) is 7.48. The van der Waals surface area contributed by atoms with Gasteiger partial charge in [-0.2, -0.15) is 0 Å². The minimum absolute atomic E-state index is 0. The van der Waals surface area contributed by atoms with Crippen molar-refractivity contribution in [3.05, 3.63) is 91.0 Å². The molecule has 3 rings (SSSR count). The molecular weight excluding hydrogens is 392 g/mol. The summed E-state index contributed by atoms with van der Waals surface area (Å²) in [5, 5.41) is 3.74. The van der Waals surface area contributed by atoms with E-state index in [1.807, 2.05) is 0 Å². The van der Waals surface area contributed by atoms with Crippen LogP contribution in [0.25, 0.3) is 0 Å². The van der Waals surface area contributed by atoms with Crippen molar-refractivity contribution in [3.63, 3.8) is 0 Å². The second-order valence-electron chi connectivity index (χ2n) is 7.07. The van der Waals surface area contributed by atoms with Gasteiger partial charge < -0.3 is 0 Å². The third-order valence-corrected chi connectivity index (χ3v) is 12.6. The molecular formula is C23H28Cl2NP. The fourth-order valence-electron chi connectivity index (χ4n) is 3.73. The fourth-order valence-corrected chi connectivity index (χ4v) is 9.89. The van der Waals surface area contributed by atoms with Crippen LogP contribution >= 0.6 is 29.6 Å². The van der Waals surface area contributed by atoms with E-state index in [2.05, 4.69) is 110 Å². The van der Waals surface area contributed by atoms with Crippen molar-refractivity contribution in [1.29, 1.82) is 0 Å². The summed E-state index contributed by atoms with van der Waals surface area (Å²) in [4.78, 5) is 2.24. The summed E-state index contributed by atoms with van der Waals surface area (Å²) in [5.41, 5.74) is 0. The Morgan fingerprint density at radius 1 is 0.667 bits per heavy atom. The summed E-state index contributed by atoms with van der Waals surface area (Å²) in [6.07, 6.45) is 2.00. The van der Waals surface area contributed by atoms with Gasteiger partial charge >= 0.3 is 162 Å². The van der Waals surface area contributed by atoms with Crippen molar-refractivity contribution < 1.29 is 0 Å². The van der Waals surface area contributed by atoms with Gasteiger partial charge in [0.15, 0.2) is 0 Å². The zero-order valence-electron chi connectivity index (χ0n) is 16.0. The van der Waals surface area contributed by atoms with Gasteiger partial charge in [-0.25, -0.2) is 0 Å². The van der Waals surface area contributed by atoms with Gasteiger partial charge in [-0.15, -0.1) is 12.4 Å². The molecule has 0 saturated carbocycles. The Morgan fingerprint density at radius 3 is 1.30 bits per heavy atom. The maximum atomic E-state index is 7.97. The second kappa shape index (κ2) is 9.22. The molecule has 0 aliphatic carbocycles. The standard InChI is InChI=1S/C23H27ClNP.ClH/c1-25(2)19-12-20-26(24,21-13-6-3-7-14-21,22-15-8-4-9-16-22)23-17-10-5-11-18-23;/h3-11,13-18H,12,19-20H2,1-2H3;1H. The van der Waals surface area contributed by atoms with E-state index in [1.165, 1.54) is 15.9 Å². The van der Waals surface area contributed by atoms with Crippen LogP contribution in [0.2, 0.25) is 0 Å². The zero-order valence-corrected chi connectivity index (χ0v) is 18.4. The fraction of sp³-hybridized carbons (Fsp3) is 0.217. The maximum Gasteiger partial charge on any atom is -0.147 e.